The number of piperazine rings is 1. The molecule has 2 aliphatic rings. The summed E-state index contributed by atoms with van der Waals surface area (Å²) in [6.45, 7) is 10.2. The van der Waals surface area contributed by atoms with E-state index in [2.05, 4.69) is 17.1 Å². The maximum atomic E-state index is 12.1. The van der Waals surface area contributed by atoms with Gasteiger partial charge in [0.2, 0.25) is 0 Å². The highest BCUT2D eigenvalue weighted by atomic mass is 16.5. The minimum absolute atomic E-state index is 0.0874. The van der Waals surface area contributed by atoms with E-state index in [1.807, 2.05) is 19.9 Å². The van der Waals surface area contributed by atoms with Crippen LogP contribution in [0, 0.1) is 6.92 Å². The fourth-order valence-corrected chi connectivity index (χ4v) is 4.28. The summed E-state index contributed by atoms with van der Waals surface area (Å²) in [5.41, 5.74) is 3.25. The topological polar surface area (TPSA) is 97.3 Å². The Morgan fingerprint density at radius 1 is 1.38 bits per heavy atom. The first-order chi connectivity index (χ1) is 15.3. The SMILES string of the molecule is COc1c(C)c2c(c(O)c1C/C=C(\C)CCC(=O)OCCN1CCNC(C)C1)C(=O)OC2. The summed E-state index contributed by atoms with van der Waals surface area (Å²) in [4.78, 5) is 26.4. The minimum Gasteiger partial charge on any atom is -0.507 e. The lowest BCUT2D eigenvalue weighted by molar-refractivity contribution is -0.144. The number of nitrogens with one attached hydrogen (secondary N) is 1. The Hall–Kier alpha value is -2.58. The number of carbonyl (C=O) groups is 2. The van der Waals surface area contributed by atoms with Crippen molar-refractivity contribution in [1.29, 1.82) is 0 Å². The zero-order chi connectivity index (χ0) is 23.3. The van der Waals surface area contributed by atoms with Crippen molar-refractivity contribution < 1.29 is 28.9 Å². The Balaban J connectivity index is 1.52. The monoisotopic (exact) mass is 446 g/mol. The van der Waals surface area contributed by atoms with Crippen molar-refractivity contribution in [3.05, 3.63) is 33.9 Å². The van der Waals surface area contributed by atoms with E-state index >= 15 is 0 Å². The number of phenols is 1. The fourth-order valence-electron chi connectivity index (χ4n) is 4.28. The van der Waals surface area contributed by atoms with Crippen molar-refractivity contribution in [3.63, 3.8) is 0 Å². The number of methoxy groups -OCH3 is 1. The Bertz CT molecular complexity index is 895. The van der Waals surface area contributed by atoms with Crippen LogP contribution in [-0.2, 0) is 27.3 Å². The maximum Gasteiger partial charge on any atom is 0.342 e. The van der Waals surface area contributed by atoms with Crippen molar-refractivity contribution in [3.8, 4) is 11.5 Å². The third-order valence-corrected chi connectivity index (χ3v) is 6.15. The van der Waals surface area contributed by atoms with Gasteiger partial charge in [-0.2, -0.15) is 0 Å². The Labute approximate surface area is 189 Å². The molecule has 1 aromatic carbocycles. The fraction of sp³-hybridized carbons (Fsp3) is 0.583. The van der Waals surface area contributed by atoms with Gasteiger partial charge in [0.15, 0.2) is 0 Å². The highest BCUT2D eigenvalue weighted by molar-refractivity contribution is 5.98. The van der Waals surface area contributed by atoms with Crippen LogP contribution in [0.4, 0.5) is 0 Å². The van der Waals surface area contributed by atoms with Gasteiger partial charge in [-0.3, -0.25) is 9.69 Å². The Morgan fingerprint density at radius 2 is 2.16 bits per heavy atom. The van der Waals surface area contributed by atoms with E-state index < -0.39 is 5.97 Å². The van der Waals surface area contributed by atoms with E-state index in [-0.39, 0.29) is 23.9 Å². The molecule has 2 aliphatic heterocycles. The maximum absolute atomic E-state index is 12.1. The van der Waals surface area contributed by atoms with Crippen LogP contribution in [0.3, 0.4) is 0 Å². The molecule has 2 heterocycles. The molecule has 176 valence electrons. The number of hydrogen-bond acceptors (Lipinski definition) is 8. The van der Waals surface area contributed by atoms with Gasteiger partial charge >= 0.3 is 11.9 Å². The van der Waals surface area contributed by atoms with E-state index in [0.29, 0.717) is 48.8 Å². The lowest BCUT2D eigenvalue weighted by atomic mass is 9.94. The molecule has 1 atom stereocenters. The molecule has 1 aromatic rings. The smallest absolute Gasteiger partial charge is 0.342 e. The van der Waals surface area contributed by atoms with Crippen LogP contribution < -0.4 is 10.1 Å². The molecule has 2 N–H and O–H groups in total. The largest absolute Gasteiger partial charge is 0.507 e. The van der Waals surface area contributed by atoms with Gasteiger partial charge in [0.1, 0.15) is 30.3 Å². The molecule has 8 heteroatoms. The summed E-state index contributed by atoms with van der Waals surface area (Å²) in [6, 6.07) is 0.463. The molecule has 0 saturated carbocycles. The number of fused-ring (bicyclic) bond motifs is 1. The van der Waals surface area contributed by atoms with E-state index in [4.69, 9.17) is 14.2 Å². The second-order valence-corrected chi connectivity index (χ2v) is 8.55. The van der Waals surface area contributed by atoms with E-state index in [9.17, 15) is 14.7 Å². The van der Waals surface area contributed by atoms with Crippen LogP contribution in [-0.4, -0.2) is 67.9 Å². The molecule has 1 unspecified atom stereocenters. The average molecular weight is 447 g/mol. The number of carbonyl (C=O) groups excluding carboxylic acids is 2. The molecule has 0 amide bonds. The molecular weight excluding hydrogens is 412 g/mol. The van der Waals surface area contributed by atoms with Crippen molar-refractivity contribution in [1.82, 2.24) is 10.2 Å². The normalized spacial score (nSPS) is 18.9. The predicted molar refractivity (Wildman–Crippen MR) is 120 cm³/mol. The quantitative estimate of drug-likeness (QED) is 0.441. The van der Waals surface area contributed by atoms with Crippen LogP contribution in [0.5, 0.6) is 11.5 Å². The Morgan fingerprint density at radius 3 is 2.88 bits per heavy atom. The predicted octanol–water partition coefficient (Wildman–Crippen LogP) is 2.49. The number of aromatic hydroxyl groups is 1. The lowest BCUT2D eigenvalue weighted by Crippen LogP contribution is -2.50. The van der Waals surface area contributed by atoms with Crippen LogP contribution in [0.25, 0.3) is 0 Å². The summed E-state index contributed by atoms with van der Waals surface area (Å²) in [5.74, 6) is -0.249. The molecule has 3 rings (SSSR count). The molecule has 1 saturated heterocycles. The number of allylic oxidation sites excluding steroid dienone is 2. The summed E-state index contributed by atoms with van der Waals surface area (Å²) in [5, 5.41) is 14.1. The van der Waals surface area contributed by atoms with E-state index in [1.54, 1.807) is 7.11 Å². The first-order valence-electron chi connectivity index (χ1n) is 11.2. The molecule has 8 nitrogen and oxygen atoms in total. The van der Waals surface area contributed by atoms with Crippen LogP contribution >= 0.6 is 0 Å². The molecule has 0 aliphatic carbocycles. The van der Waals surface area contributed by atoms with Crippen LogP contribution in [0.2, 0.25) is 0 Å². The van der Waals surface area contributed by atoms with Crippen molar-refractivity contribution in [2.24, 2.45) is 0 Å². The van der Waals surface area contributed by atoms with Gasteiger partial charge < -0.3 is 24.6 Å². The number of hydrogen-bond donors (Lipinski definition) is 2. The van der Waals surface area contributed by atoms with Crippen LogP contribution in [0.15, 0.2) is 11.6 Å². The van der Waals surface area contributed by atoms with Gasteiger partial charge in [-0.05, 0) is 39.2 Å². The molecule has 0 radical (unpaired) electrons. The highest BCUT2D eigenvalue weighted by Crippen LogP contribution is 2.42. The zero-order valence-corrected chi connectivity index (χ0v) is 19.5. The van der Waals surface area contributed by atoms with Gasteiger partial charge in [-0.15, -0.1) is 0 Å². The second kappa shape index (κ2) is 10.8. The summed E-state index contributed by atoms with van der Waals surface area (Å²) < 4.78 is 16.0. The standard InChI is InChI=1S/C24H34N2O6/c1-15(6-8-20(27)31-12-11-26-10-9-25-16(2)13-26)5-7-18-22(28)21-19(14-32-24(21)29)17(3)23(18)30-4/h5,16,25,28H,6-14H2,1-4H3/b15-5+. The Kier molecular flexibility index (Phi) is 8.15. The van der Waals surface area contributed by atoms with Gasteiger partial charge in [0.05, 0.1) is 7.11 Å². The molecule has 32 heavy (non-hydrogen) atoms. The highest BCUT2D eigenvalue weighted by Gasteiger charge is 2.31. The molecule has 0 spiro atoms. The number of phenolic OH excluding ortho intramolecular Hbond substituents is 1. The first-order valence-corrected chi connectivity index (χ1v) is 11.2. The summed E-state index contributed by atoms with van der Waals surface area (Å²) in [6.07, 6.45) is 3.20. The van der Waals surface area contributed by atoms with Gasteiger partial charge in [-0.1, -0.05) is 11.6 Å². The number of rotatable bonds is 9. The summed E-state index contributed by atoms with van der Waals surface area (Å²) >= 11 is 0. The van der Waals surface area contributed by atoms with Crippen LogP contribution in [0.1, 0.15) is 53.7 Å². The second-order valence-electron chi connectivity index (χ2n) is 8.55. The zero-order valence-electron chi connectivity index (χ0n) is 19.5. The summed E-state index contributed by atoms with van der Waals surface area (Å²) in [7, 11) is 1.54. The number of cyclic esters (lactones) is 1. The van der Waals surface area contributed by atoms with Crippen molar-refractivity contribution >= 4 is 11.9 Å². The van der Waals surface area contributed by atoms with Gasteiger partial charge in [0.25, 0.3) is 0 Å². The third kappa shape index (κ3) is 5.61. The molecule has 0 aromatic heterocycles. The number of esters is 2. The average Bonchev–Trinajstić information content (AvgIpc) is 3.15. The van der Waals surface area contributed by atoms with E-state index in [0.717, 1.165) is 37.3 Å². The van der Waals surface area contributed by atoms with Gasteiger partial charge in [0, 0.05) is 49.8 Å². The first kappa shape index (κ1) is 24.1. The van der Waals surface area contributed by atoms with E-state index in [1.165, 1.54) is 0 Å². The number of benzene rings is 1. The molecular formula is C24H34N2O6. The van der Waals surface area contributed by atoms with Crippen molar-refractivity contribution in [2.45, 2.75) is 52.7 Å². The van der Waals surface area contributed by atoms with Gasteiger partial charge in [-0.25, -0.2) is 4.79 Å². The number of ether oxygens (including phenoxy) is 3. The molecule has 0 bridgehead atoms. The molecule has 1 fully saturated rings. The lowest BCUT2D eigenvalue weighted by Gasteiger charge is -2.31. The minimum atomic E-state index is -0.511. The third-order valence-electron chi connectivity index (χ3n) is 6.15. The van der Waals surface area contributed by atoms with Crippen molar-refractivity contribution in [2.75, 3.05) is 39.9 Å². The number of nitrogens with zero attached hydrogens (tertiary/aromatic N) is 1.